The number of hydrogen-bond acceptors (Lipinski definition) is 4. The molecule has 5 nitrogen and oxygen atoms in total. The molecule has 0 saturated heterocycles. The molecule has 0 spiro atoms. The monoisotopic (exact) mass is 330 g/mol. The van der Waals surface area contributed by atoms with Crippen LogP contribution in [0.25, 0.3) is 0 Å². The summed E-state index contributed by atoms with van der Waals surface area (Å²) in [5.74, 6) is 1.00. The highest BCUT2D eigenvalue weighted by Crippen LogP contribution is 2.33. The minimum absolute atomic E-state index is 0.0747. The second-order valence-corrected chi connectivity index (χ2v) is 5.45. The van der Waals surface area contributed by atoms with Gasteiger partial charge in [0.15, 0.2) is 11.5 Å². The first-order chi connectivity index (χ1) is 11.6. The number of rotatable bonds is 9. The fourth-order valence-electron chi connectivity index (χ4n) is 2.34. The van der Waals surface area contributed by atoms with Gasteiger partial charge >= 0.3 is 5.97 Å². The summed E-state index contributed by atoms with van der Waals surface area (Å²) in [6, 6.07) is 13.1. The van der Waals surface area contributed by atoms with Crippen LogP contribution in [0.1, 0.15) is 24.0 Å². The van der Waals surface area contributed by atoms with Crippen LogP contribution in [0.4, 0.5) is 0 Å². The lowest BCUT2D eigenvalue weighted by atomic mass is 10.1. The number of carboxylic acid groups (broad SMARTS) is 1. The molecule has 0 amide bonds. The predicted molar refractivity (Wildman–Crippen MR) is 90.9 cm³/mol. The number of methoxy groups -OCH3 is 1. The molecule has 24 heavy (non-hydrogen) atoms. The second-order valence-electron chi connectivity index (χ2n) is 5.45. The minimum atomic E-state index is -0.827. The van der Waals surface area contributed by atoms with Gasteiger partial charge in [0.1, 0.15) is 5.75 Å². The third-order valence-electron chi connectivity index (χ3n) is 3.63. The van der Waals surface area contributed by atoms with Gasteiger partial charge in [-0.3, -0.25) is 4.79 Å². The van der Waals surface area contributed by atoms with Gasteiger partial charge < -0.3 is 19.7 Å². The van der Waals surface area contributed by atoms with Crippen molar-refractivity contribution in [3.63, 3.8) is 0 Å². The largest absolute Gasteiger partial charge is 0.493 e. The van der Waals surface area contributed by atoms with Crippen LogP contribution in [0.2, 0.25) is 0 Å². The molecule has 5 heteroatoms. The Morgan fingerprint density at radius 1 is 1.00 bits per heavy atom. The van der Waals surface area contributed by atoms with E-state index in [0.717, 1.165) is 24.0 Å². The molecule has 2 aromatic rings. The van der Waals surface area contributed by atoms with Gasteiger partial charge in [-0.05, 0) is 54.7 Å². The maximum absolute atomic E-state index is 10.7. The number of aryl methyl sites for hydroxylation is 2. The average molecular weight is 330 g/mol. The van der Waals surface area contributed by atoms with E-state index in [9.17, 15) is 4.79 Å². The smallest absolute Gasteiger partial charge is 0.303 e. The van der Waals surface area contributed by atoms with E-state index >= 15 is 0 Å². The molecule has 0 aromatic heterocycles. The Morgan fingerprint density at radius 2 is 1.71 bits per heavy atom. The number of carboxylic acids is 1. The fraction of sp³-hybridized carbons (Fsp3) is 0.316. The van der Waals surface area contributed by atoms with E-state index < -0.39 is 5.97 Å². The van der Waals surface area contributed by atoms with Crippen molar-refractivity contribution in [1.82, 2.24) is 0 Å². The summed E-state index contributed by atoms with van der Waals surface area (Å²) in [6.45, 7) is 0.179. The Hall–Kier alpha value is -2.53. The van der Waals surface area contributed by atoms with Crippen molar-refractivity contribution < 1.29 is 24.5 Å². The Balaban J connectivity index is 2.11. The van der Waals surface area contributed by atoms with Gasteiger partial charge in [0.05, 0.1) is 7.11 Å². The average Bonchev–Trinajstić information content (AvgIpc) is 2.59. The minimum Gasteiger partial charge on any atom is -0.493 e. The van der Waals surface area contributed by atoms with Gasteiger partial charge in [-0.15, -0.1) is 0 Å². The molecule has 2 N–H and O–H groups in total. The van der Waals surface area contributed by atoms with Crippen LogP contribution in [-0.2, 0) is 17.6 Å². The highest BCUT2D eigenvalue weighted by Gasteiger charge is 2.09. The first-order valence-electron chi connectivity index (χ1n) is 7.88. The van der Waals surface area contributed by atoms with Crippen LogP contribution in [0.3, 0.4) is 0 Å². The molecule has 0 atom stereocenters. The van der Waals surface area contributed by atoms with E-state index in [1.165, 1.54) is 0 Å². The molecule has 0 aliphatic carbocycles. The lowest BCUT2D eigenvalue weighted by Gasteiger charge is -2.12. The molecule has 0 heterocycles. The Kier molecular flexibility index (Phi) is 6.63. The van der Waals surface area contributed by atoms with E-state index in [4.69, 9.17) is 19.7 Å². The lowest BCUT2D eigenvalue weighted by molar-refractivity contribution is -0.136. The number of ether oxygens (including phenoxy) is 2. The Bertz CT molecular complexity index is 664. The summed E-state index contributed by atoms with van der Waals surface area (Å²) in [5.41, 5.74) is 2.02. The summed E-state index contributed by atoms with van der Waals surface area (Å²) in [5, 5.41) is 17.7. The quantitative estimate of drug-likeness (QED) is 0.737. The molecule has 128 valence electrons. The van der Waals surface area contributed by atoms with Gasteiger partial charge in [0.2, 0.25) is 0 Å². The van der Waals surface area contributed by atoms with Crippen LogP contribution in [0.5, 0.6) is 17.2 Å². The highest BCUT2D eigenvalue weighted by atomic mass is 16.5. The molecule has 0 unspecified atom stereocenters. The zero-order chi connectivity index (χ0) is 17.4. The highest BCUT2D eigenvalue weighted by molar-refractivity contribution is 5.67. The van der Waals surface area contributed by atoms with E-state index in [-0.39, 0.29) is 13.0 Å². The number of aliphatic hydroxyl groups excluding tert-OH is 1. The summed E-state index contributed by atoms with van der Waals surface area (Å²) < 4.78 is 11.2. The molecule has 0 aliphatic rings. The summed E-state index contributed by atoms with van der Waals surface area (Å²) in [6.07, 6.45) is 2.07. The maximum Gasteiger partial charge on any atom is 0.303 e. The van der Waals surface area contributed by atoms with Gasteiger partial charge in [-0.1, -0.05) is 18.2 Å². The second kappa shape index (κ2) is 8.93. The number of benzene rings is 2. The van der Waals surface area contributed by atoms with Gasteiger partial charge in [0.25, 0.3) is 0 Å². The van der Waals surface area contributed by atoms with Crippen LogP contribution in [0, 0.1) is 0 Å². The van der Waals surface area contributed by atoms with Crippen LogP contribution < -0.4 is 9.47 Å². The number of hydrogen-bond donors (Lipinski definition) is 2. The maximum atomic E-state index is 10.7. The van der Waals surface area contributed by atoms with Gasteiger partial charge in [0, 0.05) is 13.0 Å². The van der Waals surface area contributed by atoms with Gasteiger partial charge in [-0.25, -0.2) is 0 Å². The van der Waals surface area contributed by atoms with Crippen LogP contribution in [0.15, 0.2) is 42.5 Å². The van der Waals surface area contributed by atoms with Crippen LogP contribution >= 0.6 is 0 Å². The van der Waals surface area contributed by atoms with Crippen molar-refractivity contribution >= 4 is 5.97 Å². The molecular formula is C19H22O5. The normalized spacial score (nSPS) is 10.4. The molecule has 0 radical (unpaired) electrons. The van der Waals surface area contributed by atoms with E-state index in [2.05, 4.69) is 0 Å². The molecule has 0 saturated carbocycles. The molecule has 0 fully saturated rings. The zero-order valence-corrected chi connectivity index (χ0v) is 13.7. The van der Waals surface area contributed by atoms with E-state index in [0.29, 0.717) is 23.7 Å². The third-order valence-corrected chi connectivity index (χ3v) is 3.63. The fourth-order valence-corrected chi connectivity index (χ4v) is 2.34. The summed E-state index contributed by atoms with van der Waals surface area (Å²) >= 11 is 0. The van der Waals surface area contributed by atoms with Crippen molar-refractivity contribution in [1.29, 1.82) is 0 Å². The van der Waals surface area contributed by atoms with Gasteiger partial charge in [-0.2, -0.15) is 0 Å². The van der Waals surface area contributed by atoms with Crippen molar-refractivity contribution in [3.05, 3.63) is 53.6 Å². The van der Waals surface area contributed by atoms with E-state index in [1.54, 1.807) is 19.2 Å². The van der Waals surface area contributed by atoms with Crippen molar-refractivity contribution in [2.24, 2.45) is 0 Å². The molecule has 0 bridgehead atoms. The van der Waals surface area contributed by atoms with Crippen molar-refractivity contribution in [2.75, 3.05) is 13.7 Å². The first-order valence-corrected chi connectivity index (χ1v) is 7.88. The number of carbonyl (C=O) groups is 1. The number of aliphatic carboxylic acids is 1. The van der Waals surface area contributed by atoms with Crippen molar-refractivity contribution in [2.45, 2.75) is 25.7 Å². The van der Waals surface area contributed by atoms with E-state index in [1.807, 2.05) is 30.3 Å². The Labute approximate surface area is 141 Å². The van der Waals surface area contributed by atoms with Crippen molar-refractivity contribution in [3.8, 4) is 17.2 Å². The SMILES string of the molecule is COc1ccc(CCC(=O)O)cc1Oc1ccc(CCCO)cc1. The predicted octanol–water partition coefficient (Wildman–Crippen LogP) is 3.43. The third kappa shape index (κ3) is 5.28. The topological polar surface area (TPSA) is 76.0 Å². The molecule has 0 aliphatic heterocycles. The number of aliphatic hydroxyl groups is 1. The first kappa shape index (κ1) is 17.8. The molecule has 2 aromatic carbocycles. The molecule has 2 rings (SSSR count). The van der Waals surface area contributed by atoms with Crippen LogP contribution in [-0.4, -0.2) is 29.9 Å². The molecular weight excluding hydrogens is 308 g/mol. The summed E-state index contributed by atoms with van der Waals surface area (Å²) in [4.78, 5) is 10.7. The standard InChI is InChI=1S/C19H22O5/c1-23-17-10-6-15(7-11-19(21)22)13-18(17)24-16-8-4-14(5-9-16)3-2-12-20/h4-6,8-10,13,20H,2-3,7,11-12H2,1H3,(H,21,22). The lowest BCUT2D eigenvalue weighted by Crippen LogP contribution is -1.98. The summed E-state index contributed by atoms with van der Waals surface area (Å²) in [7, 11) is 1.57. The zero-order valence-electron chi connectivity index (χ0n) is 13.7. The Morgan fingerprint density at radius 3 is 2.33 bits per heavy atom.